The fraction of sp³-hybridized carbons (Fsp3) is 0.536. The van der Waals surface area contributed by atoms with E-state index in [2.05, 4.69) is 10.3 Å². The van der Waals surface area contributed by atoms with Gasteiger partial charge in [0.15, 0.2) is 6.23 Å². The third-order valence-corrected chi connectivity index (χ3v) is 6.50. The third kappa shape index (κ3) is 10.4. The number of hydrogen-bond acceptors (Lipinski definition) is 13. The summed E-state index contributed by atoms with van der Waals surface area (Å²) in [5.74, 6) is -2.06. The Balaban J connectivity index is 1.20. The van der Waals surface area contributed by atoms with Crippen LogP contribution in [-0.2, 0) is 28.5 Å². The first kappa shape index (κ1) is 33.6. The van der Waals surface area contributed by atoms with Gasteiger partial charge in [-0.1, -0.05) is 37.8 Å². The first-order chi connectivity index (χ1) is 20.7. The van der Waals surface area contributed by atoms with Gasteiger partial charge in [0.1, 0.15) is 48.7 Å². The molecule has 1 aliphatic rings. The summed E-state index contributed by atoms with van der Waals surface area (Å²) in [5.41, 5.74) is -0.731. The van der Waals surface area contributed by atoms with Crippen LogP contribution in [0.25, 0.3) is 0 Å². The molecule has 1 fully saturated rings. The number of aliphatic hydroxyl groups excluding tert-OH is 3. The molecule has 5 N–H and O–H groups in total. The van der Waals surface area contributed by atoms with E-state index >= 15 is 0 Å². The second-order valence-electron chi connectivity index (χ2n) is 9.77. The molecule has 2 heterocycles. The van der Waals surface area contributed by atoms with Crippen LogP contribution in [0.5, 0.6) is 5.75 Å². The number of para-hydroxylation sites is 1. The number of esters is 2. The predicted octanol–water partition coefficient (Wildman–Crippen LogP) is 0.256. The lowest BCUT2D eigenvalue weighted by Gasteiger charge is -2.17. The lowest BCUT2D eigenvalue weighted by Crippen LogP contribution is -2.36. The van der Waals surface area contributed by atoms with Gasteiger partial charge in [-0.2, -0.15) is 4.98 Å². The van der Waals surface area contributed by atoms with Gasteiger partial charge in [-0.15, -0.1) is 0 Å². The molecule has 1 aliphatic heterocycles. The predicted molar refractivity (Wildman–Crippen MR) is 148 cm³/mol. The third-order valence-electron chi connectivity index (χ3n) is 6.50. The van der Waals surface area contributed by atoms with E-state index in [0.29, 0.717) is 12.8 Å². The summed E-state index contributed by atoms with van der Waals surface area (Å²) in [6.07, 6.45) is 0.960. The SMILES string of the molecule is O=C(COCC(=O)OCCCCCCCCOC(=O)c1ccccc1O)Nc1ccn([C@@H]2O[C@H](CO)[C@@H](O)[C@@H]2O)c(=O)n1. The van der Waals surface area contributed by atoms with Crippen molar-refractivity contribution in [2.24, 2.45) is 0 Å². The highest BCUT2D eigenvalue weighted by molar-refractivity contribution is 5.92. The maximum Gasteiger partial charge on any atom is 0.351 e. The zero-order chi connectivity index (χ0) is 31.2. The molecule has 0 unspecified atom stereocenters. The summed E-state index contributed by atoms with van der Waals surface area (Å²) < 4.78 is 21.5. The van der Waals surface area contributed by atoms with Crippen molar-refractivity contribution in [2.75, 3.05) is 38.4 Å². The van der Waals surface area contributed by atoms with E-state index in [-0.39, 0.29) is 30.3 Å². The van der Waals surface area contributed by atoms with Crippen LogP contribution in [-0.4, -0.2) is 99.2 Å². The van der Waals surface area contributed by atoms with Gasteiger partial charge in [0.25, 0.3) is 5.91 Å². The first-order valence-corrected chi connectivity index (χ1v) is 13.9. The maximum atomic E-state index is 12.3. The number of aliphatic hydroxyl groups is 3. The number of anilines is 1. The Bertz CT molecular complexity index is 1270. The highest BCUT2D eigenvalue weighted by atomic mass is 16.6. The molecule has 0 radical (unpaired) electrons. The molecular formula is C28H37N3O12. The van der Waals surface area contributed by atoms with Crippen LogP contribution in [0.1, 0.15) is 55.1 Å². The molecule has 1 aromatic heterocycles. The molecule has 0 spiro atoms. The Kier molecular flexibility index (Phi) is 13.5. The van der Waals surface area contributed by atoms with Gasteiger partial charge < -0.3 is 44.7 Å². The van der Waals surface area contributed by atoms with Gasteiger partial charge in [0, 0.05) is 6.20 Å². The fourth-order valence-corrected chi connectivity index (χ4v) is 4.22. The minimum absolute atomic E-state index is 0.0994. The Morgan fingerprint density at radius 1 is 0.930 bits per heavy atom. The number of carbonyl (C=O) groups is 3. The first-order valence-electron chi connectivity index (χ1n) is 13.9. The number of aromatic nitrogens is 2. The molecule has 15 nitrogen and oxygen atoms in total. The Morgan fingerprint density at radius 2 is 1.60 bits per heavy atom. The number of unbranched alkanes of at least 4 members (excludes halogenated alkanes) is 5. The van der Waals surface area contributed by atoms with Crippen molar-refractivity contribution < 1.29 is 53.8 Å². The van der Waals surface area contributed by atoms with Crippen molar-refractivity contribution in [1.29, 1.82) is 0 Å². The van der Waals surface area contributed by atoms with Gasteiger partial charge in [-0.05, 0) is 31.0 Å². The molecule has 15 heteroatoms. The second-order valence-corrected chi connectivity index (χ2v) is 9.77. The number of aromatic hydroxyl groups is 1. The van der Waals surface area contributed by atoms with E-state index in [1.807, 2.05) is 0 Å². The van der Waals surface area contributed by atoms with Crippen LogP contribution in [0, 0.1) is 0 Å². The van der Waals surface area contributed by atoms with Crippen molar-refractivity contribution in [1.82, 2.24) is 9.55 Å². The monoisotopic (exact) mass is 607 g/mol. The van der Waals surface area contributed by atoms with Gasteiger partial charge in [0.05, 0.1) is 19.8 Å². The lowest BCUT2D eigenvalue weighted by atomic mass is 10.1. The van der Waals surface area contributed by atoms with Crippen molar-refractivity contribution in [3.8, 4) is 5.75 Å². The summed E-state index contributed by atoms with van der Waals surface area (Å²) in [6, 6.07) is 7.48. The minimum atomic E-state index is -1.46. The Hall–Kier alpha value is -3.89. The summed E-state index contributed by atoms with van der Waals surface area (Å²) in [5, 5.41) is 41.1. The average Bonchev–Trinajstić information content (AvgIpc) is 3.27. The van der Waals surface area contributed by atoms with E-state index < -0.39 is 67.9 Å². The molecule has 2 aromatic rings. The Morgan fingerprint density at radius 3 is 2.26 bits per heavy atom. The van der Waals surface area contributed by atoms with Gasteiger partial charge in [-0.25, -0.2) is 14.4 Å². The summed E-state index contributed by atoms with van der Waals surface area (Å²) >= 11 is 0. The number of ether oxygens (including phenoxy) is 4. The van der Waals surface area contributed by atoms with Crippen molar-refractivity contribution in [3.05, 3.63) is 52.6 Å². The van der Waals surface area contributed by atoms with Crippen molar-refractivity contribution in [2.45, 2.75) is 63.1 Å². The smallest absolute Gasteiger partial charge is 0.351 e. The molecule has 1 saturated heterocycles. The Labute approximate surface area is 247 Å². The van der Waals surface area contributed by atoms with E-state index in [0.717, 1.165) is 30.3 Å². The molecule has 0 bridgehead atoms. The largest absolute Gasteiger partial charge is 0.507 e. The number of amides is 1. The summed E-state index contributed by atoms with van der Waals surface area (Å²) in [6.45, 7) is -0.999. The minimum Gasteiger partial charge on any atom is -0.507 e. The summed E-state index contributed by atoms with van der Waals surface area (Å²) in [4.78, 5) is 51.8. The van der Waals surface area contributed by atoms with Gasteiger partial charge in [0.2, 0.25) is 0 Å². The number of carbonyl (C=O) groups excluding carboxylic acids is 3. The lowest BCUT2D eigenvalue weighted by molar-refractivity contribution is -0.149. The zero-order valence-corrected chi connectivity index (χ0v) is 23.5. The molecule has 0 saturated carbocycles. The van der Waals surface area contributed by atoms with Gasteiger partial charge >= 0.3 is 17.6 Å². The molecule has 4 atom stereocenters. The highest BCUT2D eigenvalue weighted by Gasteiger charge is 2.43. The summed E-state index contributed by atoms with van der Waals surface area (Å²) in [7, 11) is 0. The molecule has 0 aliphatic carbocycles. The molecule has 3 rings (SSSR count). The fourth-order valence-electron chi connectivity index (χ4n) is 4.22. The van der Waals surface area contributed by atoms with Crippen LogP contribution in [0.4, 0.5) is 5.82 Å². The van der Waals surface area contributed by atoms with E-state index in [9.17, 15) is 39.6 Å². The molecule has 43 heavy (non-hydrogen) atoms. The van der Waals surface area contributed by atoms with E-state index in [1.54, 1.807) is 12.1 Å². The standard InChI is InChI=1S/C28H37N3O12/c32-15-20-24(36)25(37)26(43-20)31-12-11-21(30-28(31)39)29-22(34)16-40-17-23(35)41-13-7-3-1-2-4-8-14-42-27(38)18-9-5-6-10-19(18)33/h5-6,9-12,20,24-26,32-33,36-37H,1-4,7-8,13-17H2,(H,29,30,34,39)/t20-,24-,25+,26-/m1/s1. The second kappa shape index (κ2) is 17.3. The normalized spacial score (nSPS) is 19.6. The number of nitrogens with zero attached hydrogens (tertiary/aromatic N) is 2. The van der Waals surface area contributed by atoms with Crippen LogP contribution >= 0.6 is 0 Å². The number of phenolic OH excluding ortho intramolecular Hbond substituents is 1. The van der Waals surface area contributed by atoms with Crippen molar-refractivity contribution >= 4 is 23.7 Å². The average molecular weight is 608 g/mol. The van der Waals surface area contributed by atoms with E-state index in [4.69, 9.17) is 18.9 Å². The quantitative estimate of drug-likeness (QED) is 0.121. The number of phenols is 1. The van der Waals surface area contributed by atoms with Crippen LogP contribution in [0.3, 0.4) is 0 Å². The highest BCUT2D eigenvalue weighted by Crippen LogP contribution is 2.28. The zero-order valence-electron chi connectivity index (χ0n) is 23.5. The number of rotatable bonds is 17. The molecular weight excluding hydrogens is 570 g/mol. The molecule has 1 aromatic carbocycles. The van der Waals surface area contributed by atoms with Crippen LogP contribution < -0.4 is 11.0 Å². The maximum absolute atomic E-state index is 12.3. The van der Waals surface area contributed by atoms with Crippen molar-refractivity contribution in [3.63, 3.8) is 0 Å². The number of benzene rings is 1. The number of nitrogens with one attached hydrogen (secondary N) is 1. The van der Waals surface area contributed by atoms with Crippen LogP contribution in [0.15, 0.2) is 41.3 Å². The van der Waals surface area contributed by atoms with Crippen LogP contribution in [0.2, 0.25) is 0 Å². The molecule has 1 amide bonds. The van der Waals surface area contributed by atoms with Gasteiger partial charge in [-0.3, -0.25) is 9.36 Å². The topological polar surface area (TPSA) is 216 Å². The molecule has 236 valence electrons. The number of hydrogen-bond donors (Lipinski definition) is 5. The van der Waals surface area contributed by atoms with E-state index in [1.165, 1.54) is 24.4 Å².